The number of benzene rings is 1. The molecule has 0 aliphatic carbocycles. The Bertz CT molecular complexity index is 666. The summed E-state index contributed by atoms with van der Waals surface area (Å²) in [4.78, 5) is 11.8. The molecule has 3 nitrogen and oxygen atoms in total. The molecule has 18 heavy (non-hydrogen) atoms. The molecule has 2 aromatic rings. The van der Waals surface area contributed by atoms with Crippen LogP contribution >= 0.6 is 0 Å². The van der Waals surface area contributed by atoms with E-state index in [4.69, 9.17) is 9.15 Å². The van der Waals surface area contributed by atoms with Gasteiger partial charge < -0.3 is 9.15 Å². The van der Waals surface area contributed by atoms with E-state index in [1.807, 2.05) is 36.4 Å². The highest BCUT2D eigenvalue weighted by Gasteiger charge is 2.23. The van der Waals surface area contributed by atoms with E-state index in [0.717, 1.165) is 11.1 Å². The second kappa shape index (κ2) is 4.18. The molecule has 2 heterocycles. The zero-order chi connectivity index (χ0) is 12.5. The van der Waals surface area contributed by atoms with Gasteiger partial charge in [-0.2, -0.15) is 0 Å². The first-order valence-corrected chi connectivity index (χ1v) is 5.77. The maximum atomic E-state index is 11.8. The summed E-state index contributed by atoms with van der Waals surface area (Å²) in [5.41, 5.74) is 2.13. The minimum absolute atomic E-state index is 0.329. The van der Waals surface area contributed by atoms with E-state index in [1.54, 1.807) is 13.0 Å². The fraction of sp³-hybridized carbons (Fsp3) is 0.133. The highest BCUT2D eigenvalue weighted by atomic mass is 16.5. The van der Waals surface area contributed by atoms with E-state index >= 15 is 0 Å². The molecule has 3 heteroatoms. The zero-order valence-electron chi connectivity index (χ0n) is 9.97. The van der Waals surface area contributed by atoms with Gasteiger partial charge in [0.25, 0.3) is 0 Å². The molecule has 1 aromatic carbocycles. The largest absolute Gasteiger partial charge is 0.488 e. The summed E-state index contributed by atoms with van der Waals surface area (Å²) in [5, 5.41) is 0. The van der Waals surface area contributed by atoms with Gasteiger partial charge in [0.2, 0.25) is 0 Å². The molecule has 1 aliphatic rings. The summed E-state index contributed by atoms with van der Waals surface area (Å²) >= 11 is 0. The molecule has 1 aromatic heterocycles. The lowest BCUT2D eigenvalue weighted by molar-refractivity contribution is 0.381. The Balaban J connectivity index is 2.11. The maximum absolute atomic E-state index is 11.8. The molecule has 0 N–H and O–H groups in total. The minimum Gasteiger partial charge on any atom is -0.488 e. The van der Waals surface area contributed by atoms with E-state index in [9.17, 15) is 4.79 Å². The van der Waals surface area contributed by atoms with E-state index in [2.05, 4.69) is 0 Å². The van der Waals surface area contributed by atoms with Crippen molar-refractivity contribution in [2.24, 2.45) is 0 Å². The fourth-order valence-electron chi connectivity index (χ4n) is 2.08. The van der Waals surface area contributed by atoms with Crippen LogP contribution in [0.4, 0.5) is 0 Å². The average Bonchev–Trinajstić information content (AvgIpc) is 2.73. The Kier molecular flexibility index (Phi) is 2.52. The Morgan fingerprint density at radius 2 is 2.00 bits per heavy atom. The normalized spacial score (nSPS) is 15.5. The first kappa shape index (κ1) is 10.8. The Morgan fingerprint density at radius 1 is 1.22 bits per heavy atom. The van der Waals surface area contributed by atoms with Crippen molar-refractivity contribution in [1.82, 2.24) is 0 Å². The highest BCUT2D eigenvalue weighted by Crippen LogP contribution is 2.32. The lowest BCUT2D eigenvalue weighted by atomic mass is 10.1. The van der Waals surface area contributed by atoms with Crippen molar-refractivity contribution in [2.45, 2.75) is 6.92 Å². The van der Waals surface area contributed by atoms with Crippen LogP contribution in [0, 0.1) is 6.92 Å². The second-order valence-electron chi connectivity index (χ2n) is 4.25. The molecule has 0 saturated carbocycles. The third-order valence-corrected chi connectivity index (χ3v) is 2.88. The fourth-order valence-corrected chi connectivity index (χ4v) is 2.08. The van der Waals surface area contributed by atoms with Crippen LogP contribution in [0.5, 0.6) is 5.75 Å². The smallest absolute Gasteiger partial charge is 0.347 e. The molecular formula is C15H12O3. The quantitative estimate of drug-likeness (QED) is 0.769. The summed E-state index contributed by atoms with van der Waals surface area (Å²) in [6.45, 7) is 2.16. The number of fused-ring (bicyclic) bond motifs is 1. The van der Waals surface area contributed by atoms with Gasteiger partial charge in [0.1, 0.15) is 23.7 Å². The predicted octanol–water partition coefficient (Wildman–Crippen LogP) is 2.88. The number of hydrogen-bond donors (Lipinski definition) is 0. The van der Waals surface area contributed by atoms with Gasteiger partial charge in [-0.05, 0) is 18.6 Å². The van der Waals surface area contributed by atoms with Crippen LogP contribution in [0.15, 0.2) is 45.6 Å². The molecule has 0 bridgehead atoms. The van der Waals surface area contributed by atoms with Crippen LogP contribution in [0.3, 0.4) is 0 Å². The summed E-state index contributed by atoms with van der Waals surface area (Å²) in [7, 11) is 0. The van der Waals surface area contributed by atoms with Crippen molar-refractivity contribution in [2.75, 3.05) is 6.61 Å². The first-order valence-electron chi connectivity index (χ1n) is 5.77. The predicted molar refractivity (Wildman–Crippen MR) is 69.5 cm³/mol. The van der Waals surface area contributed by atoms with Gasteiger partial charge >= 0.3 is 5.63 Å². The molecule has 1 aliphatic heterocycles. The summed E-state index contributed by atoms with van der Waals surface area (Å²) in [5.74, 6) is 1.19. The van der Waals surface area contributed by atoms with Crippen LogP contribution < -0.4 is 10.4 Å². The van der Waals surface area contributed by atoms with Crippen molar-refractivity contribution < 1.29 is 9.15 Å². The van der Waals surface area contributed by atoms with E-state index in [1.165, 1.54) is 0 Å². The maximum Gasteiger partial charge on any atom is 0.347 e. The SMILES string of the molecule is Cc1cc2c(c(=O)o1)/C(=C/c1ccccc1)CO2. The monoisotopic (exact) mass is 240 g/mol. The summed E-state index contributed by atoms with van der Waals surface area (Å²) in [6, 6.07) is 11.6. The second-order valence-corrected chi connectivity index (χ2v) is 4.25. The third-order valence-electron chi connectivity index (χ3n) is 2.88. The molecule has 90 valence electrons. The zero-order valence-corrected chi connectivity index (χ0v) is 9.97. The highest BCUT2D eigenvalue weighted by molar-refractivity contribution is 5.86. The number of ether oxygens (including phenoxy) is 1. The van der Waals surface area contributed by atoms with Gasteiger partial charge in [0, 0.05) is 11.6 Å². The van der Waals surface area contributed by atoms with Crippen LogP contribution in [0.2, 0.25) is 0 Å². The molecule has 0 fully saturated rings. The molecule has 0 amide bonds. The summed E-state index contributed by atoms with van der Waals surface area (Å²) < 4.78 is 10.6. The molecule has 0 atom stereocenters. The van der Waals surface area contributed by atoms with Gasteiger partial charge in [0.05, 0.1) is 0 Å². The molecule has 0 saturated heterocycles. The van der Waals surface area contributed by atoms with Crippen LogP contribution in [0.25, 0.3) is 11.6 Å². The average molecular weight is 240 g/mol. The van der Waals surface area contributed by atoms with Gasteiger partial charge in [-0.1, -0.05) is 30.3 Å². The van der Waals surface area contributed by atoms with Crippen molar-refractivity contribution in [1.29, 1.82) is 0 Å². The molecule has 3 rings (SSSR count). The number of hydrogen-bond acceptors (Lipinski definition) is 3. The van der Waals surface area contributed by atoms with Crippen molar-refractivity contribution in [3.63, 3.8) is 0 Å². The summed E-state index contributed by atoms with van der Waals surface area (Å²) in [6.07, 6.45) is 1.96. The van der Waals surface area contributed by atoms with Gasteiger partial charge in [0.15, 0.2) is 0 Å². The molecule has 0 radical (unpaired) electrons. The molecular weight excluding hydrogens is 228 g/mol. The van der Waals surface area contributed by atoms with Crippen molar-refractivity contribution >= 4 is 11.6 Å². The lowest BCUT2D eigenvalue weighted by Gasteiger charge is -1.97. The van der Waals surface area contributed by atoms with Gasteiger partial charge in [-0.3, -0.25) is 0 Å². The standard InChI is InChI=1S/C15H12O3/c1-10-7-13-14(15(16)18-10)12(9-17-13)8-11-5-3-2-4-6-11/h2-8H,9H2,1H3/b12-8+. The van der Waals surface area contributed by atoms with E-state index < -0.39 is 0 Å². The third kappa shape index (κ3) is 1.84. The number of rotatable bonds is 1. The Labute approximate surface area is 104 Å². The topological polar surface area (TPSA) is 39.4 Å². The number of aryl methyl sites for hydroxylation is 1. The minimum atomic E-state index is -0.329. The van der Waals surface area contributed by atoms with Crippen LogP contribution in [-0.4, -0.2) is 6.61 Å². The van der Waals surface area contributed by atoms with Gasteiger partial charge in [-0.15, -0.1) is 0 Å². The van der Waals surface area contributed by atoms with Crippen molar-refractivity contribution in [3.8, 4) is 5.75 Å². The van der Waals surface area contributed by atoms with Crippen molar-refractivity contribution in [3.05, 3.63) is 63.7 Å². The Morgan fingerprint density at radius 3 is 2.78 bits per heavy atom. The van der Waals surface area contributed by atoms with Gasteiger partial charge in [-0.25, -0.2) is 4.79 Å². The molecule has 0 unspecified atom stereocenters. The van der Waals surface area contributed by atoms with E-state index in [0.29, 0.717) is 23.7 Å². The Hall–Kier alpha value is -2.29. The lowest BCUT2D eigenvalue weighted by Crippen LogP contribution is -2.04. The molecule has 0 spiro atoms. The van der Waals surface area contributed by atoms with Crippen LogP contribution in [0.1, 0.15) is 16.9 Å². The first-order chi connectivity index (χ1) is 8.74. The van der Waals surface area contributed by atoms with Crippen LogP contribution in [-0.2, 0) is 0 Å². The van der Waals surface area contributed by atoms with E-state index in [-0.39, 0.29) is 5.63 Å².